The fourth-order valence-electron chi connectivity index (χ4n) is 4.03. The normalized spacial score (nSPS) is 11.2. The van der Waals surface area contributed by atoms with Crippen molar-refractivity contribution < 1.29 is 9.53 Å². The fourth-order valence-corrected chi connectivity index (χ4v) is 4.03. The Bertz CT molecular complexity index is 1770. The second kappa shape index (κ2) is 8.38. The molecule has 2 aromatic carbocycles. The minimum atomic E-state index is -0.487. The summed E-state index contributed by atoms with van der Waals surface area (Å²) < 4.78 is 8.41. The predicted molar refractivity (Wildman–Crippen MR) is 132 cm³/mol. The third kappa shape index (κ3) is 3.65. The van der Waals surface area contributed by atoms with Crippen molar-refractivity contribution in [3.8, 4) is 16.9 Å². The van der Waals surface area contributed by atoms with Crippen molar-refractivity contribution in [3.05, 3.63) is 102 Å². The summed E-state index contributed by atoms with van der Waals surface area (Å²) in [5.41, 5.74) is 5.88. The average molecular weight is 462 g/mol. The van der Waals surface area contributed by atoms with Crippen LogP contribution in [0.1, 0.15) is 0 Å². The van der Waals surface area contributed by atoms with Crippen LogP contribution in [0.15, 0.2) is 96.3 Å². The van der Waals surface area contributed by atoms with Gasteiger partial charge in [0.15, 0.2) is 12.3 Å². The molecule has 35 heavy (non-hydrogen) atoms. The van der Waals surface area contributed by atoms with E-state index in [2.05, 4.69) is 20.5 Å². The van der Waals surface area contributed by atoms with Crippen LogP contribution >= 0.6 is 0 Å². The quantitative estimate of drug-likeness (QED) is 0.421. The Kier molecular flexibility index (Phi) is 4.92. The van der Waals surface area contributed by atoms with Crippen molar-refractivity contribution >= 4 is 33.4 Å². The Morgan fingerprint density at radius 3 is 2.69 bits per heavy atom. The highest BCUT2D eigenvalue weighted by Crippen LogP contribution is 2.25. The molecule has 0 radical (unpaired) electrons. The molecule has 0 unspecified atom stereocenters. The molecule has 1 amide bonds. The van der Waals surface area contributed by atoms with E-state index in [1.807, 2.05) is 54.6 Å². The number of amides is 1. The van der Waals surface area contributed by atoms with Gasteiger partial charge in [-0.15, -0.1) is 0 Å². The number of para-hydroxylation sites is 1. The number of rotatable bonds is 5. The van der Waals surface area contributed by atoms with Crippen LogP contribution in [0.3, 0.4) is 0 Å². The summed E-state index contributed by atoms with van der Waals surface area (Å²) in [7, 11) is 0. The lowest BCUT2D eigenvalue weighted by molar-refractivity contribution is -0.119. The van der Waals surface area contributed by atoms with Gasteiger partial charge in [-0.25, -0.2) is 14.2 Å². The summed E-state index contributed by atoms with van der Waals surface area (Å²) in [4.78, 5) is 34.4. The predicted octanol–water partition coefficient (Wildman–Crippen LogP) is 3.41. The Hall–Kier alpha value is -5.05. The van der Waals surface area contributed by atoms with Crippen LogP contribution in [0.25, 0.3) is 38.6 Å². The van der Waals surface area contributed by atoms with Gasteiger partial charge in [-0.05, 0) is 23.8 Å². The monoisotopic (exact) mass is 462 g/mol. The molecule has 170 valence electrons. The summed E-state index contributed by atoms with van der Waals surface area (Å²) in [5, 5.41) is 5.66. The van der Waals surface area contributed by atoms with Gasteiger partial charge < -0.3 is 4.74 Å². The summed E-state index contributed by atoms with van der Waals surface area (Å²) in [6.45, 7) is -0.281. The van der Waals surface area contributed by atoms with Gasteiger partial charge in [-0.2, -0.15) is 5.10 Å². The Labute approximate surface area is 198 Å². The third-order valence-corrected chi connectivity index (χ3v) is 5.68. The molecule has 0 fully saturated rings. The first-order valence-electron chi connectivity index (χ1n) is 10.9. The number of fused-ring (bicyclic) bond motifs is 4. The molecule has 0 spiro atoms. The standard InChI is InChI=1S/C26H18N6O3/c33-23(16-35-22-10-4-8-18-9-5-12-27-24(18)22)30-31-13-11-21-20(26(31)34)14-28-25-19(15-29-32(21)25)17-6-2-1-3-7-17/h1-15H,16H2,(H,30,33). The number of ether oxygens (including phenoxy) is 1. The molecule has 0 aliphatic carbocycles. The number of carbonyl (C=O) groups excluding carboxylic acids is 1. The maximum Gasteiger partial charge on any atom is 0.280 e. The maximum absolute atomic E-state index is 13.0. The summed E-state index contributed by atoms with van der Waals surface area (Å²) in [5.74, 6) is 0.00229. The van der Waals surface area contributed by atoms with Crippen LogP contribution in [0, 0.1) is 0 Å². The molecule has 0 aliphatic rings. The molecular formula is C26H18N6O3. The van der Waals surface area contributed by atoms with Crippen LogP contribution in [0.5, 0.6) is 5.75 Å². The van der Waals surface area contributed by atoms with Gasteiger partial charge in [0, 0.05) is 29.5 Å². The maximum atomic E-state index is 13.0. The molecule has 9 nitrogen and oxygen atoms in total. The second-order valence-corrected chi connectivity index (χ2v) is 7.86. The minimum absolute atomic E-state index is 0.281. The molecule has 0 atom stereocenters. The molecule has 0 saturated heterocycles. The summed E-state index contributed by atoms with van der Waals surface area (Å²) in [6, 6.07) is 20.7. The summed E-state index contributed by atoms with van der Waals surface area (Å²) in [6.07, 6.45) is 6.38. The summed E-state index contributed by atoms with van der Waals surface area (Å²) >= 11 is 0. The van der Waals surface area contributed by atoms with Crippen molar-refractivity contribution in [3.63, 3.8) is 0 Å². The highest BCUT2D eigenvalue weighted by atomic mass is 16.5. The number of aromatic nitrogens is 5. The molecule has 1 N–H and O–H groups in total. The van der Waals surface area contributed by atoms with E-state index < -0.39 is 11.5 Å². The third-order valence-electron chi connectivity index (χ3n) is 5.68. The lowest BCUT2D eigenvalue weighted by Gasteiger charge is -2.11. The van der Waals surface area contributed by atoms with Crippen molar-refractivity contribution in [1.29, 1.82) is 0 Å². The Balaban J connectivity index is 1.26. The van der Waals surface area contributed by atoms with Crippen LogP contribution in [0.4, 0.5) is 0 Å². The van der Waals surface area contributed by atoms with Crippen LogP contribution in [-0.4, -0.2) is 36.8 Å². The van der Waals surface area contributed by atoms with Crippen molar-refractivity contribution in [2.75, 3.05) is 12.0 Å². The molecule has 9 heteroatoms. The Morgan fingerprint density at radius 2 is 1.80 bits per heavy atom. The van der Waals surface area contributed by atoms with E-state index >= 15 is 0 Å². The van der Waals surface area contributed by atoms with Crippen LogP contribution in [-0.2, 0) is 4.79 Å². The zero-order valence-corrected chi connectivity index (χ0v) is 18.3. The lowest BCUT2D eigenvalue weighted by Crippen LogP contribution is -2.35. The number of benzene rings is 2. The van der Waals surface area contributed by atoms with E-state index in [1.54, 1.807) is 29.0 Å². The van der Waals surface area contributed by atoms with E-state index in [1.165, 1.54) is 12.4 Å². The molecular weight excluding hydrogens is 444 g/mol. The molecule has 6 aromatic rings. The first kappa shape index (κ1) is 20.5. The van der Waals surface area contributed by atoms with Gasteiger partial charge in [0.2, 0.25) is 0 Å². The van der Waals surface area contributed by atoms with Crippen LogP contribution in [0.2, 0.25) is 0 Å². The molecule has 0 saturated carbocycles. The first-order chi connectivity index (χ1) is 17.2. The molecule has 0 bridgehead atoms. The Morgan fingerprint density at radius 1 is 0.943 bits per heavy atom. The molecule has 6 rings (SSSR count). The smallest absolute Gasteiger partial charge is 0.280 e. The van der Waals surface area contributed by atoms with Gasteiger partial charge in [0.1, 0.15) is 11.3 Å². The minimum Gasteiger partial charge on any atom is -0.481 e. The van der Waals surface area contributed by atoms with Crippen LogP contribution < -0.4 is 15.7 Å². The highest BCUT2D eigenvalue weighted by Gasteiger charge is 2.14. The molecule has 4 heterocycles. The number of nitrogens with one attached hydrogen (secondary N) is 1. The zero-order valence-electron chi connectivity index (χ0n) is 18.3. The average Bonchev–Trinajstić information content (AvgIpc) is 3.34. The largest absolute Gasteiger partial charge is 0.481 e. The number of nitrogens with zero attached hydrogens (tertiary/aromatic N) is 5. The van der Waals surface area contributed by atoms with E-state index in [9.17, 15) is 9.59 Å². The van der Waals surface area contributed by atoms with E-state index in [0.29, 0.717) is 27.8 Å². The van der Waals surface area contributed by atoms with Gasteiger partial charge in [-0.1, -0.05) is 48.5 Å². The fraction of sp³-hybridized carbons (Fsp3) is 0.0385. The lowest BCUT2D eigenvalue weighted by atomic mass is 10.1. The number of pyridine rings is 2. The number of hydrogen-bond acceptors (Lipinski definition) is 6. The number of hydrogen-bond donors (Lipinski definition) is 1. The van der Waals surface area contributed by atoms with Gasteiger partial charge in [0.05, 0.1) is 17.1 Å². The molecule has 0 aliphatic heterocycles. The topological polar surface area (TPSA) is 103 Å². The molecule has 4 aromatic heterocycles. The van der Waals surface area contributed by atoms with Gasteiger partial charge in [0.25, 0.3) is 11.5 Å². The van der Waals surface area contributed by atoms with Crippen molar-refractivity contribution in [1.82, 2.24) is 24.3 Å². The van der Waals surface area contributed by atoms with E-state index in [0.717, 1.165) is 21.2 Å². The van der Waals surface area contributed by atoms with Gasteiger partial charge >= 0.3 is 0 Å². The first-order valence-corrected chi connectivity index (χ1v) is 10.9. The number of carbonyl (C=O) groups is 1. The second-order valence-electron chi connectivity index (χ2n) is 7.86. The zero-order chi connectivity index (χ0) is 23.8. The van der Waals surface area contributed by atoms with E-state index in [4.69, 9.17) is 4.74 Å². The van der Waals surface area contributed by atoms with E-state index in [-0.39, 0.29) is 6.61 Å². The van der Waals surface area contributed by atoms with Crippen molar-refractivity contribution in [2.45, 2.75) is 0 Å². The van der Waals surface area contributed by atoms with Crippen molar-refractivity contribution in [2.24, 2.45) is 0 Å². The SMILES string of the molecule is O=C(COc1cccc2cccnc12)Nn1ccc2c(cnc3c(-c4ccccc4)cnn32)c1=O. The highest BCUT2D eigenvalue weighted by molar-refractivity contribution is 5.88. The van der Waals surface area contributed by atoms with Gasteiger partial charge in [-0.3, -0.25) is 20.0 Å².